The lowest BCUT2D eigenvalue weighted by Gasteiger charge is -2.18. The lowest BCUT2D eigenvalue weighted by molar-refractivity contribution is -0.118. The van der Waals surface area contributed by atoms with Crippen LogP contribution >= 0.6 is 15.9 Å². The third-order valence-electron chi connectivity index (χ3n) is 2.75. The fourth-order valence-electron chi connectivity index (χ4n) is 1.32. The number of carbonyl (C=O) groups excluding carboxylic acids is 1. The maximum Gasteiger partial charge on any atom is 0.241 e. The molecule has 17 heavy (non-hydrogen) atoms. The molecule has 2 atom stereocenters. The van der Waals surface area contributed by atoms with Crippen LogP contribution in [0, 0.1) is 11.7 Å². The minimum atomic E-state index is -0.558. The van der Waals surface area contributed by atoms with Gasteiger partial charge in [-0.15, -0.1) is 0 Å². The molecular formula is C12H16BrFN2O. The standard InChI is InChI=1S/C12H16BrFN2O/c1-3-7(2)11(15)12(17)16-10-5-4-8(14)6-9(10)13/h4-7,11H,3,15H2,1-2H3,(H,16,17). The third kappa shape index (κ3) is 3.78. The Balaban J connectivity index is 2.74. The summed E-state index contributed by atoms with van der Waals surface area (Å²) in [6.07, 6.45) is 0.833. The van der Waals surface area contributed by atoms with Crippen LogP contribution in [-0.4, -0.2) is 11.9 Å². The smallest absolute Gasteiger partial charge is 0.241 e. The molecule has 0 spiro atoms. The molecule has 1 rings (SSSR count). The summed E-state index contributed by atoms with van der Waals surface area (Å²) in [7, 11) is 0. The van der Waals surface area contributed by atoms with Crippen molar-refractivity contribution in [3.8, 4) is 0 Å². The van der Waals surface area contributed by atoms with Gasteiger partial charge in [0, 0.05) is 4.47 Å². The van der Waals surface area contributed by atoms with Gasteiger partial charge in [0.15, 0.2) is 0 Å². The lowest BCUT2D eigenvalue weighted by Crippen LogP contribution is -2.40. The summed E-state index contributed by atoms with van der Waals surface area (Å²) in [5.41, 5.74) is 6.32. The molecule has 3 N–H and O–H groups in total. The molecule has 5 heteroatoms. The van der Waals surface area contributed by atoms with Crippen LogP contribution in [0.25, 0.3) is 0 Å². The van der Waals surface area contributed by atoms with Crippen LogP contribution in [0.2, 0.25) is 0 Å². The molecule has 1 amide bonds. The number of nitrogens with one attached hydrogen (secondary N) is 1. The number of anilines is 1. The van der Waals surface area contributed by atoms with E-state index >= 15 is 0 Å². The number of amides is 1. The number of halogens is 2. The Bertz CT molecular complexity index is 411. The second-order valence-corrected chi connectivity index (χ2v) is 4.88. The molecule has 0 bridgehead atoms. The normalized spacial score (nSPS) is 14.2. The van der Waals surface area contributed by atoms with Crippen molar-refractivity contribution in [2.45, 2.75) is 26.3 Å². The highest BCUT2D eigenvalue weighted by Crippen LogP contribution is 2.23. The minimum Gasteiger partial charge on any atom is -0.324 e. The molecule has 0 aliphatic heterocycles. The Morgan fingerprint density at radius 3 is 2.76 bits per heavy atom. The van der Waals surface area contributed by atoms with Gasteiger partial charge in [-0.25, -0.2) is 4.39 Å². The van der Waals surface area contributed by atoms with E-state index in [1.807, 2.05) is 13.8 Å². The van der Waals surface area contributed by atoms with Gasteiger partial charge in [0.05, 0.1) is 11.7 Å². The zero-order valence-corrected chi connectivity index (χ0v) is 11.4. The highest BCUT2D eigenvalue weighted by Gasteiger charge is 2.20. The molecule has 2 unspecified atom stereocenters. The number of rotatable bonds is 4. The van der Waals surface area contributed by atoms with Gasteiger partial charge in [-0.05, 0) is 40.0 Å². The SMILES string of the molecule is CCC(C)C(N)C(=O)Nc1ccc(F)cc1Br. The summed E-state index contributed by atoms with van der Waals surface area (Å²) in [6, 6.07) is 3.53. The third-order valence-corrected chi connectivity index (χ3v) is 3.40. The van der Waals surface area contributed by atoms with Crippen molar-refractivity contribution in [3.05, 3.63) is 28.5 Å². The van der Waals surface area contributed by atoms with Crippen LogP contribution in [0.1, 0.15) is 20.3 Å². The summed E-state index contributed by atoms with van der Waals surface area (Å²) < 4.78 is 13.4. The average molecular weight is 303 g/mol. The van der Waals surface area contributed by atoms with E-state index in [-0.39, 0.29) is 17.6 Å². The highest BCUT2D eigenvalue weighted by molar-refractivity contribution is 9.10. The summed E-state index contributed by atoms with van der Waals surface area (Å²) in [5.74, 6) is -0.512. The quantitative estimate of drug-likeness (QED) is 0.898. The molecule has 0 aromatic heterocycles. The number of nitrogens with two attached hydrogens (primary N) is 1. The lowest BCUT2D eigenvalue weighted by atomic mass is 9.99. The van der Waals surface area contributed by atoms with Crippen LogP contribution in [0.5, 0.6) is 0 Å². The first-order valence-electron chi connectivity index (χ1n) is 5.47. The zero-order chi connectivity index (χ0) is 13.0. The van der Waals surface area contributed by atoms with Crippen molar-refractivity contribution in [3.63, 3.8) is 0 Å². The van der Waals surface area contributed by atoms with Crippen molar-refractivity contribution in [2.24, 2.45) is 11.7 Å². The van der Waals surface area contributed by atoms with E-state index in [2.05, 4.69) is 21.2 Å². The Morgan fingerprint density at radius 1 is 1.59 bits per heavy atom. The van der Waals surface area contributed by atoms with Gasteiger partial charge < -0.3 is 11.1 Å². The number of hydrogen-bond acceptors (Lipinski definition) is 2. The van der Waals surface area contributed by atoms with E-state index in [1.165, 1.54) is 18.2 Å². The summed E-state index contributed by atoms with van der Waals surface area (Å²) >= 11 is 3.18. The van der Waals surface area contributed by atoms with E-state index in [0.717, 1.165) is 6.42 Å². The topological polar surface area (TPSA) is 55.1 Å². The first-order chi connectivity index (χ1) is 7.95. The first kappa shape index (κ1) is 14.1. The van der Waals surface area contributed by atoms with Crippen LogP contribution in [0.4, 0.5) is 10.1 Å². The van der Waals surface area contributed by atoms with Crippen molar-refractivity contribution >= 4 is 27.5 Å². The number of carbonyl (C=O) groups is 1. The average Bonchev–Trinajstić information content (AvgIpc) is 2.30. The number of benzene rings is 1. The van der Waals surface area contributed by atoms with Gasteiger partial charge in [-0.2, -0.15) is 0 Å². The van der Waals surface area contributed by atoms with E-state index in [4.69, 9.17) is 5.73 Å². The molecule has 1 aromatic rings. The second-order valence-electron chi connectivity index (χ2n) is 4.02. The number of hydrogen-bond donors (Lipinski definition) is 2. The molecule has 0 saturated heterocycles. The molecular weight excluding hydrogens is 287 g/mol. The summed E-state index contributed by atoms with van der Waals surface area (Å²) in [6.45, 7) is 3.90. The summed E-state index contributed by atoms with van der Waals surface area (Å²) in [4.78, 5) is 11.8. The predicted octanol–water partition coefficient (Wildman–Crippen LogP) is 2.90. The Kier molecular flexibility index (Phi) is 5.08. The second kappa shape index (κ2) is 6.12. The fraction of sp³-hybridized carbons (Fsp3) is 0.417. The Morgan fingerprint density at radius 2 is 2.24 bits per heavy atom. The molecule has 1 aromatic carbocycles. The van der Waals surface area contributed by atoms with Crippen LogP contribution in [0.3, 0.4) is 0 Å². The molecule has 0 saturated carbocycles. The summed E-state index contributed by atoms with van der Waals surface area (Å²) in [5, 5.41) is 2.67. The van der Waals surface area contributed by atoms with Gasteiger partial charge >= 0.3 is 0 Å². The minimum absolute atomic E-state index is 0.106. The van der Waals surface area contributed by atoms with Crippen molar-refractivity contribution in [2.75, 3.05) is 5.32 Å². The molecule has 94 valence electrons. The van der Waals surface area contributed by atoms with Gasteiger partial charge in [0.2, 0.25) is 5.91 Å². The molecule has 0 heterocycles. The predicted molar refractivity (Wildman–Crippen MR) is 70.2 cm³/mol. The fourth-order valence-corrected chi connectivity index (χ4v) is 1.77. The molecule has 0 aliphatic rings. The van der Waals surface area contributed by atoms with Gasteiger partial charge in [0.1, 0.15) is 5.82 Å². The van der Waals surface area contributed by atoms with Crippen LogP contribution in [-0.2, 0) is 4.79 Å². The van der Waals surface area contributed by atoms with E-state index in [0.29, 0.717) is 10.2 Å². The first-order valence-corrected chi connectivity index (χ1v) is 6.26. The Hall–Kier alpha value is -0.940. The largest absolute Gasteiger partial charge is 0.324 e. The van der Waals surface area contributed by atoms with E-state index in [1.54, 1.807) is 0 Å². The van der Waals surface area contributed by atoms with E-state index in [9.17, 15) is 9.18 Å². The highest BCUT2D eigenvalue weighted by atomic mass is 79.9. The monoisotopic (exact) mass is 302 g/mol. The van der Waals surface area contributed by atoms with Gasteiger partial charge in [0.25, 0.3) is 0 Å². The molecule has 0 radical (unpaired) electrons. The zero-order valence-electron chi connectivity index (χ0n) is 9.84. The maximum absolute atomic E-state index is 12.9. The van der Waals surface area contributed by atoms with Crippen molar-refractivity contribution < 1.29 is 9.18 Å². The molecule has 0 aliphatic carbocycles. The molecule has 3 nitrogen and oxygen atoms in total. The van der Waals surface area contributed by atoms with Crippen molar-refractivity contribution in [1.29, 1.82) is 0 Å². The van der Waals surface area contributed by atoms with Gasteiger partial charge in [-0.3, -0.25) is 4.79 Å². The van der Waals surface area contributed by atoms with Crippen LogP contribution in [0.15, 0.2) is 22.7 Å². The van der Waals surface area contributed by atoms with E-state index < -0.39 is 6.04 Å². The maximum atomic E-state index is 12.9. The molecule has 0 fully saturated rings. The van der Waals surface area contributed by atoms with Gasteiger partial charge in [-0.1, -0.05) is 20.3 Å². The Labute approximate surface area is 109 Å². The van der Waals surface area contributed by atoms with Crippen LogP contribution < -0.4 is 11.1 Å². The van der Waals surface area contributed by atoms with Crippen molar-refractivity contribution in [1.82, 2.24) is 0 Å².